The van der Waals surface area contributed by atoms with Gasteiger partial charge in [0.05, 0.1) is 0 Å². The van der Waals surface area contributed by atoms with E-state index < -0.39 is 0 Å². The van der Waals surface area contributed by atoms with E-state index in [-0.39, 0.29) is 5.91 Å². The van der Waals surface area contributed by atoms with E-state index in [1.165, 1.54) is 22.4 Å². The van der Waals surface area contributed by atoms with Crippen molar-refractivity contribution in [2.24, 2.45) is 0 Å². The lowest BCUT2D eigenvalue weighted by Gasteiger charge is -2.37. The highest BCUT2D eigenvalue weighted by Gasteiger charge is 2.19. The van der Waals surface area contributed by atoms with Crippen LogP contribution in [0.3, 0.4) is 0 Å². The van der Waals surface area contributed by atoms with Crippen molar-refractivity contribution in [3.63, 3.8) is 0 Å². The van der Waals surface area contributed by atoms with E-state index in [2.05, 4.69) is 47.2 Å². The Balaban J connectivity index is 1.44. The second kappa shape index (κ2) is 8.37. The van der Waals surface area contributed by atoms with Crippen molar-refractivity contribution < 1.29 is 4.79 Å². The number of hydrogen-bond donors (Lipinski definition) is 1. The van der Waals surface area contributed by atoms with Crippen LogP contribution in [0.25, 0.3) is 0 Å². The zero-order chi connectivity index (χ0) is 18.5. The normalized spacial score (nSPS) is 15.1. The number of carbonyl (C=O) groups excluding carboxylic acids is 1. The molecule has 4 nitrogen and oxygen atoms in total. The Morgan fingerprint density at radius 3 is 2.35 bits per heavy atom. The SMILES string of the molecule is Cc1ccc(NC(=O)CCN2CCN(c3cccc(C)c3C)CC2)cc1. The average molecular weight is 351 g/mol. The fourth-order valence-corrected chi connectivity index (χ4v) is 3.41. The molecule has 2 aromatic carbocycles. The van der Waals surface area contributed by atoms with Gasteiger partial charge in [-0.15, -0.1) is 0 Å². The van der Waals surface area contributed by atoms with Crippen molar-refractivity contribution in [1.82, 2.24) is 4.90 Å². The first-order valence-electron chi connectivity index (χ1n) is 9.43. The van der Waals surface area contributed by atoms with E-state index in [0.29, 0.717) is 6.42 Å². The third-order valence-electron chi connectivity index (χ3n) is 5.28. The lowest BCUT2D eigenvalue weighted by atomic mass is 10.1. The highest BCUT2D eigenvalue weighted by Crippen LogP contribution is 2.23. The van der Waals surface area contributed by atoms with E-state index in [1.54, 1.807) is 0 Å². The summed E-state index contributed by atoms with van der Waals surface area (Å²) in [5, 5.41) is 2.98. The fourth-order valence-electron chi connectivity index (χ4n) is 3.41. The van der Waals surface area contributed by atoms with Gasteiger partial charge in [0, 0.05) is 50.5 Å². The Morgan fingerprint density at radius 2 is 1.65 bits per heavy atom. The molecule has 0 radical (unpaired) electrons. The second-order valence-corrected chi connectivity index (χ2v) is 7.21. The van der Waals surface area contributed by atoms with Crippen LogP contribution in [-0.4, -0.2) is 43.5 Å². The Hall–Kier alpha value is -2.33. The smallest absolute Gasteiger partial charge is 0.225 e. The molecule has 1 aliphatic heterocycles. The minimum Gasteiger partial charge on any atom is -0.369 e. The van der Waals surface area contributed by atoms with Gasteiger partial charge in [0.2, 0.25) is 5.91 Å². The molecule has 0 atom stereocenters. The number of nitrogens with one attached hydrogen (secondary N) is 1. The van der Waals surface area contributed by atoms with Crippen molar-refractivity contribution in [2.75, 3.05) is 42.9 Å². The second-order valence-electron chi connectivity index (χ2n) is 7.21. The van der Waals surface area contributed by atoms with E-state index in [4.69, 9.17) is 0 Å². The molecule has 1 N–H and O–H groups in total. The zero-order valence-corrected chi connectivity index (χ0v) is 16.1. The van der Waals surface area contributed by atoms with E-state index in [0.717, 1.165) is 38.4 Å². The number of aryl methyl sites for hydroxylation is 2. The van der Waals surface area contributed by atoms with E-state index >= 15 is 0 Å². The Kier molecular flexibility index (Phi) is 5.94. The van der Waals surface area contributed by atoms with Crippen LogP contribution >= 0.6 is 0 Å². The Morgan fingerprint density at radius 1 is 0.962 bits per heavy atom. The van der Waals surface area contributed by atoms with Crippen LogP contribution in [0, 0.1) is 20.8 Å². The third kappa shape index (κ3) is 4.64. The van der Waals surface area contributed by atoms with Gasteiger partial charge in [-0.25, -0.2) is 0 Å². The van der Waals surface area contributed by atoms with Crippen LogP contribution in [0.2, 0.25) is 0 Å². The number of carbonyl (C=O) groups is 1. The monoisotopic (exact) mass is 351 g/mol. The van der Waals surface area contributed by atoms with Crippen LogP contribution in [0.15, 0.2) is 42.5 Å². The van der Waals surface area contributed by atoms with Crippen molar-refractivity contribution in [3.8, 4) is 0 Å². The largest absolute Gasteiger partial charge is 0.369 e. The van der Waals surface area contributed by atoms with Crippen molar-refractivity contribution in [2.45, 2.75) is 27.2 Å². The number of benzene rings is 2. The molecule has 1 amide bonds. The van der Waals surface area contributed by atoms with E-state index in [9.17, 15) is 4.79 Å². The highest BCUT2D eigenvalue weighted by molar-refractivity contribution is 5.90. The number of amides is 1. The summed E-state index contributed by atoms with van der Waals surface area (Å²) in [4.78, 5) is 17.0. The first-order chi connectivity index (χ1) is 12.5. The summed E-state index contributed by atoms with van der Waals surface area (Å²) in [5.74, 6) is 0.0887. The Labute approximate surface area is 156 Å². The lowest BCUT2D eigenvalue weighted by molar-refractivity contribution is -0.116. The minimum atomic E-state index is 0.0887. The summed E-state index contributed by atoms with van der Waals surface area (Å²) >= 11 is 0. The zero-order valence-electron chi connectivity index (χ0n) is 16.1. The first kappa shape index (κ1) is 18.5. The molecule has 3 rings (SSSR count). The van der Waals surface area contributed by atoms with Crippen LogP contribution in [-0.2, 0) is 4.79 Å². The molecule has 4 heteroatoms. The van der Waals surface area contributed by atoms with Gasteiger partial charge in [-0.3, -0.25) is 9.69 Å². The average Bonchev–Trinajstić information content (AvgIpc) is 2.65. The molecule has 26 heavy (non-hydrogen) atoms. The third-order valence-corrected chi connectivity index (χ3v) is 5.28. The number of rotatable bonds is 5. The van der Waals surface area contributed by atoms with Gasteiger partial charge in [-0.2, -0.15) is 0 Å². The van der Waals surface area contributed by atoms with Gasteiger partial charge in [0.1, 0.15) is 0 Å². The predicted molar refractivity (Wildman–Crippen MR) is 109 cm³/mol. The molecule has 1 saturated heterocycles. The maximum absolute atomic E-state index is 12.2. The first-order valence-corrected chi connectivity index (χ1v) is 9.43. The summed E-state index contributed by atoms with van der Waals surface area (Å²) in [5.41, 5.74) is 6.14. The molecule has 2 aromatic rings. The van der Waals surface area contributed by atoms with Gasteiger partial charge in [-0.1, -0.05) is 29.8 Å². The highest BCUT2D eigenvalue weighted by atomic mass is 16.1. The van der Waals surface area contributed by atoms with Crippen molar-refractivity contribution >= 4 is 17.3 Å². The topological polar surface area (TPSA) is 35.6 Å². The summed E-state index contributed by atoms with van der Waals surface area (Å²) < 4.78 is 0. The summed E-state index contributed by atoms with van der Waals surface area (Å²) in [6, 6.07) is 14.5. The van der Waals surface area contributed by atoms with Gasteiger partial charge in [-0.05, 0) is 50.1 Å². The molecule has 0 aliphatic carbocycles. The molecule has 0 saturated carbocycles. The maximum atomic E-state index is 12.2. The minimum absolute atomic E-state index is 0.0887. The molecule has 0 spiro atoms. The number of anilines is 2. The molecule has 1 fully saturated rings. The van der Waals surface area contributed by atoms with Crippen molar-refractivity contribution in [3.05, 3.63) is 59.2 Å². The molecule has 138 valence electrons. The molecule has 0 unspecified atom stereocenters. The molecule has 1 aliphatic rings. The van der Waals surface area contributed by atoms with Crippen LogP contribution in [0.4, 0.5) is 11.4 Å². The number of hydrogen-bond acceptors (Lipinski definition) is 3. The predicted octanol–water partition coefficient (Wildman–Crippen LogP) is 3.76. The van der Waals surface area contributed by atoms with Gasteiger partial charge >= 0.3 is 0 Å². The van der Waals surface area contributed by atoms with Gasteiger partial charge in [0.15, 0.2) is 0 Å². The van der Waals surface area contributed by atoms with E-state index in [1.807, 2.05) is 31.2 Å². The van der Waals surface area contributed by atoms with Crippen LogP contribution < -0.4 is 10.2 Å². The molecule has 0 aromatic heterocycles. The summed E-state index contributed by atoms with van der Waals surface area (Å²) in [6.07, 6.45) is 0.539. The quantitative estimate of drug-likeness (QED) is 0.891. The summed E-state index contributed by atoms with van der Waals surface area (Å²) in [6.45, 7) is 11.3. The molecule has 1 heterocycles. The van der Waals surface area contributed by atoms with Gasteiger partial charge in [0.25, 0.3) is 0 Å². The number of nitrogens with zero attached hydrogens (tertiary/aromatic N) is 2. The van der Waals surface area contributed by atoms with Crippen LogP contribution in [0.5, 0.6) is 0 Å². The fraction of sp³-hybridized carbons (Fsp3) is 0.409. The number of piperazine rings is 1. The molecular formula is C22H29N3O. The standard InChI is InChI=1S/C22H29N3O/c1-17-7-9-20(10-8-17)23-22(26)11-12-24-13-15-25(16-14-24)21-6-4-5-18(2)19(21)3/h4-10H,11-16H2,1-3H3,(H,23,26). The van der Waals surface area contributed by atoms with Gasteiger partial charge < -0.3 is 10.2 Å². The Bertz CT molecular complexity index is 746. The summed E-state index contributed by atoms with van der Waals surface area (Å²) in [7, 11) is 0. The lowest BCUT2D eigenvalue weighted by Crippen LogP contribution is -2.47. The molecule has 0 bridgehead atoms. The van der Waals surface area contributed by atoms with Crippen molar-refractivity contribution in [1.29, 1.82) is 0 Å². The molecular weight excluding hydrogens is 322 g/mol. The maximum Gasteiger partial charge on any atom is 0.225 e. The van der Waals surface area contributed by atoms with Crippen LogP contribution in [0.1, 0.15) is 23.1 Å².